The molecule has 4 atom stereocenters. The van der Waals surface area contributed by atoms with Crippen LogP contribution in [0, 0.1) is 33.8 Å². The van der Waals surface area contributed by atoms with E-state index in [4.69, 9.17) is 4.74 Å². The molecule has 2 aromatic rings. The van der Waals surface area contributed by atoms with Gasteiger partial charge < -0.3 is 15.4 Å². The Morgan fingerprint density at radius 1 is 1.08 bits per heavy atom. The molecule has 5 rings (SSSR count). The lowest BCUT2D eigenvalue weighted by Crippen LogP contribution is -2.34. The highest BCUT2D eigenvalue weighted by molar-refractivity contribution is 6.06. The smallest absolute Gasteiger partial charge is 0.293 e. The number of nitro groups is 1. The van der Waals surface area contributed by atoms with Gasteiger partial charge >= 0.3 is 0 Å². The van der Waals surface area contributed by atoms with Crippen LogP contribution in [-0.2, 0) is 9.59 Å². The van der Waals surface area contributed by atoms with E-state index >= 15 is 0 Å². The van der Waals surface area contributed by atoms with Crippen LogP contribution in [0.15, 0.2) is 54.6 Å². The summed E-state index contributed by atoms with van der Waals surface area (Å²) < 4.78 is 5.09. The first-order chi connectivity index (χ1) is 17.4. The second-order valence-corrected chi connectivity index (χ2v) is 9.28. The van der Waals surface area contributed by atoms with Crippen molar-refractivity contribution in [1.82, 2.24) is 4.90 Å². The SMILES string of the molecule is COc1ccc(NC(=O)c2ccc(NCCCN3C(=O)[C@@H]4[C@@H](C3=O)[C@H]3C=C[C@H]4C3)c([N+](=O)[O-])c2)cc1. The largest absolute Gasteiger partial charge is 0.497 e. The third-order valence-corrected chi connectivity index (χ3v) is 7.24. The summed E-state index contributed by atoms with van der Waals surface area (Å²) in [5, 5.41) is 17.4. The van der Waals surface area contributed by atoms with E-state index in [1.165, 1.54) is 23.1 Å². The first-order valence-electron chi connectivity index (χ1n) is 11.9. The molecular formula is C26H26N4O6. The first kappa shape index (κ1) is 23.5. The lowest BCUT2D eigenvalue weighted by molar-refractivity contribution is -0.384. The third-order valence-electron chi connectivity index (χ3n) is 7.24. The Kier molecular flexibility index (Phi) is 6.17. The van der Waals surface area contributed by atoms with E-state index in [9.17, 15) is 24.5 Å². The fourth-order valence-electron chi connectivity index (χ4n) is 5.50. The highest BCUT2D eigenvalue weighted by Crippen LogP contribution is 2.52. The number of nitrogens with one attached hydrogen (secondary N) is 2. The number of methoxy groups -OCH3 is 1. The maximum Gasteiger partial charge on any atom is 0.293 e. The van der Waals surface area contributed by atoms with E-state index in [1.807, 2.05) is 0 Å². The number of anilines is 2. The minimum atomic E-state index is -0.552. The quantitative estimate of drug-likeness (QED) is 0.181. The summed E-state index contributed by atoms with van der Waals surface area (Å²) in [4.78, 5) is 50.6. The minimum absolute atomic E-state index is 0.0972. The monoisotopic (exact) mass is 490 g/mol. The molecule has 10 nitrogen and oxygen atoms in total. The van der Waals surface area contributed by atoms with Gasteiger partial charge in [-0.25, -0.2) is 0 Å². The fraction of sp³-hybridized carbons (Fsp3) is 0.346. The van der Waals surface area contributed by atoms with Crippen LogP contribution in [0.5, 0.6) is 5.75 Å². The number of carbonyl (C=O) groups excluding carboxylic acids is 3. The van der Waals surface area contributed by atoms with Crippen molar-refractivity contribution in [1.29, 1.82) is 0 Å². The molecule has 2 aliphatic carbocycles. The number of ether oxygens (including phenoxy) is 1. The standard InChI is InChI=1S/C26H26N4O6/c1-36-19-8-6-18(7-9-19)28-24(31)17-5-10-20(21(14-17)30(34)35)27-11-2-12-29-25(32)22-15-3-4-16(13-15)23(22)26(29)33/h3-10,14-16,22-23,27H,2,11-13H2,1H3,(H,28,31)/t15-,16-,22-,23-/m0/s1. The molecule has 1 heterocycles. The molecule has 0 unspecified atom stereocenters. The Balaban J connectivity index is 1.18. The molecule has 1 aliphatic heterocycles. The summed E-state index contributed by atoms with van der Waals surface area (Å²) in [5.74, 6) is -0.138. The Labute approximate surface area is 207 Å². The Morgan fingerprint density at radius 3 is 2.36 bits per heavy atom. The number of fused-ring (bicyclic) bond motifs is 5. The number of nitro benzene ring substituents is 1. The number of likely N-dealkylation sites (tertiary alicyclic amines) is 1. The van der Waals surface area contributed by atoms with Crippen molar-refractivity contribution in [3.8, 4) is 5.75 Å². The number of hydrogen-bond acceptors (Lipinski definition) is 7. The van der Waals surface area contributed by atoms with Gasteiger partial charge in [-0.15, -0.1) is 0 Å². The number of amides is 3. The molecule has 2 N–H and O–H groups in total. The van der Waals surface area contributed by atoms with Crippen molar-refractivity contribution >= 4 is 34.8 Å². The van der Waals surface area contributed by atoms with Crippen molar-refractivity contribution in [2.24, 2.45) is 23.7 Å². The van der Waals surface area contributed by atoms with Gasteiger partial charge in [0.2, 0.25) is 11.8 Å². The second kappa shape index (κ2) is 9.44. The molecule has 2 fully saturated rings. The first-order valence-corrected chi connectivity index (χ1v) is 11.9. The molecule has 0 radical (unpaired) electrons. The molecule has 2 aromatic carbocycles. The normalized spacial score (nSPS) is 23.6. The van der Waals surface area contributed by atoms with E-state index in [0.29, 0.717) is 24.4 Å². The molecule has 1 saturated heterocycles. The van der Waals surface area contributed by atoms with Gasteiger partial charge in [0.05, 0.1) is 23.9 Å². The highest BCUT2D eigenvalue weighted by Gasteiger charge is 2.58. The molecule has 186 valence electrons. The summed E-state index contributed by atoms with van der Waals surface area (Å²) in [6.07, 6.45) is 5.46. The minimum Gasteiger partial charge on any atom is -0.497 e. The van der Waals surface area contributed by atoms with E-state index in [1.54, 1.807) is 31.4 Å². The molecule has 1 saturated carbocycles. The van der Waals surface area contributed by atoms with Gasteiger partial charge in [-0.2, -0.15) is 0 Å². The maximum absolute atomic E-state index is 12.8. The van der Waals surface area contributed by atoms with Gasteiger partial charge in [-0.05, 0) is 61.1 Å². The summed E-state index contributed by atoms with van der Waals surface area (Å²) in [6.45, 7) is 0.600. The van der Waals surface area contributed by atoms with Crippen molar-refractivity contribution < 1.29 is 24.0 Å². The van der Waals surface area contributed by atoms with Crippen LogP contribution in [0.3, 0.4) is 0 Å². The average molecular weight is 491 g/mol. The van der Waals surface area contributed by atoms with Crippen LogP contribution in [0.2, 0.25) is 0 Å². The summed E-state index contributed by atoms with van der Waals surface area (Å²) in [6, 6.07) is 11.0. The number of carbonyl (C=O) groups is 3. The van der Waals surface area contributed by atoms with Gasteiger partial charge in [0.1, 0.15) is 11.4 Å². The van der Waals surface area contributed by atoms with Crippen molar-refractivity contribution in [2.45, 2.75) is 12.8 Å². The summed E-state index contributed by atoms with van der Waals surface area (Å²) in [5.41, 5.74) is 0.706. The molecule has 36 heavy (non-hydrogen) atoms. The van der Waals surface area contributed by atoms with Gasteiger partial charge in [0.25, 0.3) is 11.6 Å². The molecule has 2 bridgehead atoms. The zero-order valence-corrected chi connectivity index (χ0v) is 19.7. The number of allylic oxidation sites excluding steroid dienone is 2. The van der Waals surface area contributed by atoms with Crippen molar-refractivity contribution in [2.75, 3.05) is 30.8 Å². The van der Waals surface area contributed by atoms with Crippen LogP contribution < -0.4 is 15.4 Å². The predicted molar refractivity (Wildman–Crippen MR) is 132 cm³/mol. The molecule has 3 aliphatic rings. The Bertz CT molecular complexity index is 1230. The van der Waals surface area contributed by atoms with Gasteiger partial charge in [-0.1, -0.05) is 12.2 Å². The zero-order chi connectivity index (χ0) is 25.4. The fourth-order valence-corrected chi connectivity index (χ4v) is 5.50. The number of benzene rings is 2. The average Bonchev–Trinajstić information content (AvgIpc) is 3.56. The molecule has 0 aromatic heterocycles. The summed E-state index contributed by atoms with van der Waals surface area (Å²) in [7, 11) is 1.54. The van der Waals surface area contributed by atoms with Crippen LogP contribution in [0.25, 0.3) is 0 Å². The second-order valence-electron chi connectivity index (χ2n) is 9.28. The lowest BCUT2D eigenvalue weighted by Gasteiger charge is -2.17. The van der Waals surface area contributed by atoms with Crippen LogP contribution in [-0.4, -0.2) is 47.7 Å². The maximum atomic E-state index is 12.8. The van der Waals surface area contributed by atoms with Gasteiger partial charge in [-0.3, -0.25) is 29.4 Å². The summed E-state index contributed by atoms with van der Waals surface area (Å²) >= 11 is 0. The number of imide groups is 1. The number of rotatable bonds is 9. The number of hydrogen-bond donors (Lipinski definition) is 2. The Hall–Kier alpha value is -4.21. The van der Waals surface area contributed by atoms with Gasteiger partial charge in [0.15, 0.2) is 0 Å². The molecular weight excluding hydrogens is 464 g/mol. The predicted octanol–water partition coefficient (Wildman–Crippen LogP) is 3.46. The van der Waals surface area contributed by atoms with Crippen molar-refractivity contribution in [3.63, 3.8) is 0 Å². The van der Waals surface area contributed by atoms with E-state index < -0.39 is 10.8 Å². The van der Waals surface area contributed by atoms with Crippen LogP contribution >= 0.6 is 0 Å². The molecule has 10 heteroatoms. The lowest BCUT2D eigenvalue weighted by atomic mass is 9.85. The topological polar surface area (TPSA) is 131 Å². The third kappa shape index (κ3) is 4.19. The van der Waals surface area contributed by atoms with Crippen LogP contribution in [0.1, 0.15) is 23.2 Å². The van der Waals surface area contributed by atoms with E-state index in [0.717, 1.165) is 6.42 Å². The highest BCUT2D eigenvalue weighted by atomic mass is 16.6. The van der Waals surface area contributed by atoms with Gasteiger partial charge in [0, 0.05) is 30.4 Å². The zero-order valence-electron chi connectivity index (χ0n) is 19.7. The molecule has 3 amide bonds. The van der Waals surface area contributed by atoms with E-state index in [2.05, 4.69) is 22.8 Å². The van der Waals surface area contributed by atoms with Crippen molar-refractivity contribution in [3.05, 3.63) is 70.3 Å². The van der Waals surface area contributed by atoms with E-state index in [-0.39, 0.29) is 59.0 Å². The van der Waals surface area contributed by atoms with Crippen LogP contribution in [0.4, 0.5) is 17.1 Å². The number of nitrogens with zero attached hydrogens (tertiary/aromatic N) is 2. The Morgan fingerprint density at radius 2 is 1.75 bits per heavy atom. The molecule has 0 spiro atoms.